The zero-order valence-electron chi connectivity index (χ0n) is 13.5. The number of hydrogen-bond donors (Lipinski definition) is 1. The number of carboxylic acid groups (broad SMARTS) is 1. The molecule has 1 aromatic carbocycles. The van der Waals surface area contributed by atoms with E-state index in [-0.39, 0.29) is 0 Å². The van der Waals surface area contributed by atoms with Gasteiger partial charge in [-0.25, -0.2) is 14.8 Å². The van der Waals surface area contributed by atoms with E-state index in [4.69, 9.17) is 5.11 Å². The maximum atomic E-state index is 11.0. The summed E-state index contributed by atoms with van der Waals surface area (Å²) in [5.41, 5.74) is 2.70. The third-order valence-corrected chi connectivity index (χ3v) is 4.36. The second-order valence-corrected chi connectivity index (χ2v) is 5.92. The van der Waals surface area contributed by atoms with Crippen molar-refractivity contribution in [2.24, 2.45) is 0 Å². The van der Waals surface area contributed by atoms with Crippen LogP contribution in [0.4, 0.5) is 10.7 Å². The molecule has 0 saturated carbocycles. The Hall–Kier alpha value is -3.22. The average molecular weight is 335 g/mol. The molecule has 1 aliphatic rings. The summed E-state index contributed by atoms with van der Waals surface area (Å²) in [7, 11) is 0. The van der Waals surface area contributed by atoms with Crippen LogP contribution in [-0.2, 0) is 0 Å². The van der Waals surface area contributed by atoms with Gasteiger partial charge in [0.15, 0.2) is 0 Å². The van der Waals surface area contributed by atoms with E-state index in [9.17, 15) is 4.79 Å². The van der Waals surface area contributed by atoms with E-state index in [0.717, 1.165) is 22.2 Å². The van der Waals surface area contributed by atoms with E-state index in [1.54, 1.807) is 6.20 Å². The number of carbonyl (C=O) groups is 1. The Morgan fingerprint density at radius 3 is 2.64 bits per heavy atom. The van der Waals surface area contributed by atoms with Crippen molar-refractivity contribution in [3.8, 4) is 11.3 Å². The first-order valence-electron chi connectivity index (χ1n) is 8.12. The van der Waals surface area contributed by atoms with Crippen LogP contribution in [0.1, 0.15) is 0 Å². The number of amides is 1. The van der Waals surface area contributed by atoms with Crippen molar-refractivity contribution in [3.05, 3.63) is 48.8 Å². The summed E-state index contributed by atoms with van der Waals surface area (Å²) in [6.07, 6.45) is 2.67. The van der Waals surface area contributed by atoms with E-state index in [1.165, 1.54) is 4.90 Å². The van der Waals surface area contributed by atoms with Crippen molar-refractivity contribution in [2.75, 3.05) is 31.1 Å². The molecule has 1 aliphatic heterocycles. The second kappa shape index (κ2) is 6.35. The summed E-state index contributed by atoms with van der Waals surface area (Å²) in [5, 5.41) is 10.1. The molecule has 25 heavy (non-hydrogen) atoms. The topological polar surface area (TPSA) is 82.5 Å². The molecule has 7 heteroatoms. The zero-order chi connectivity index (χ0) is 17.2. The Bertz CT molecular complexity index is 922. The molecular formula is C18H17N5O2. The van der Waals surface area contributed by atoms with Gasteiger partial charge in [0, 0.05) is 49.5 Å². The minimum atomic E-state index is -0.878. The Labute approximate surface area is 144 Å². The maximum absolute atomic E-state index is 11.0. The van der Waals surface area contributed by atoms with Crippen molar-refractivity contribution in [3.63, 3.8) is 0 Å². The molecule has 3 aromatic rings. The van der Waals surface area contributed by atoms with Crippen molar-refractivity contribution in [2.45, 2.75) is 0 Å². The van der Waals surface area contributed by atoms with Crippen LogP contribution in [-0.4, -0.2) is 57.2 Å². The van der Waals surface area contributed by atoms with Crippen LogP contribution in [0.3, 0.4) is 0 Å². The minimum Gasteiger partial charge on any atom is -0.465 e. The van der Waals surface area contributed by atoms with Gasteiger partial charge in [-0.15, -0.1) is 0 Å². The molecular weight excluding hydrogens is 318 g/mol. The summed E-state index contributed by atoms with van der Waals surface area (Å²) in [5.74, 6) is 0.621. The number of piperazine rings is 1. The van der Waals surface area contributed by atoms with Crippen LogP contribution in [0.2, 0.25) is 0 Å². The first-order chi connectivity index (χ1) is 12.2. The van der Waals surface area contributed by atoms with Crippen molar-refractivity contribution in [1.82, 2.24) is 19.9 Å². The quantitative estimate of drug-likeness (QED) is 0.775. The third kappa shape index (κ3) is 3.08. The number of fused-ring (bicyclic) bond motifs is 1. The number of hydrogen-bond acceptors (Lipinski definition) is 5. The standard InChI is InChI=1S/C18H17N5O2/c24-18(25)23-9-7-22(8-10-23)17-19-6-5-16(21-17)14-11-13-3-1-2-4-15(13)20-12-14/h1-6,11-12H,7-10H2,(H,24,25). The molecule has 2 aromatic heterocycles. The van der Waals surface area contributed by atoms with Gasteiger partial charge in [0.25, 0.3) is 0 Å². The second-order valence-electron chi connectivity index (χ2n) is 5.92. The smallest absolute Gasteiger partial charge is 0.407 e. The summed E-state index contributed by atoms with van der Waals surface area (Å²) in [4.78, 5) is 27.9. The predicted octanol–water partition coefficient (Wildman–Crippen LogP) is 2.49. The molecule has 0 aliphatic carbocycles. The Kier molecular flexibility index (Phi) is 3.89. The van der Waals surface area contributed by atoms with Gasteiger partial charge < -0.3 is 14.9 Å². The van der Waals surface area contributed by atoms with Gasteiger partial charge in [-0.05, 0) is 18.2 Å². The number of benzene rings is 1. The van der Waals surface area contributed by atoms with Crippen LogP contribution in [0, 0.1) is 0 Å². The lowest BCUT2D eigenvalue weighted by Gasteiger charge is -2.33. The minimum absolute atomic E-state index is 0.459. The Balaban J connectivity index is 1.59. The summed E-state index contributed by atoms with van der Waals surface area (Å²) >= 11 is 0. The van der Waals surface area contributed by atoms with Crippen LogP contribution >= 0.6 is 0 Å². The van der Waals surface area contributed by atoms with E-state index in [0.29, 0.717) is 32.1 Å². The van der Waals surface area contributed by atoms with Crippen molar-refractivity contribution in [1.29, 1.82) is 0 Å². The van der Waals surface area contributed by atoms with Gasteiger partial charge in [0.05, 0.1) is 11.2 Å². The highest BCUT2D eigenvalue weighted by molar-refractivity contribution is 5.82. The molecule has 0 unspecified atom stereocenters. The number of anilines is 1. The predicted molar refractivity (Wildman–Crippen MR) is 94.6 cm³/mol. The fraction of sp³-hybridized carbons (Fsp3) is 0.222. The lowest BCUT2D eigenvalue weighted by molar-refractivity contribution is 0.142. The first-order valence-corrected chi connectivity index (χ1v) is 8.12. The molecule has 1 saturated heterocycles. The largest absolute Gasteiger partial charge is 0.465 e. The fourth-order valence-electron chi connectivity index (χ4n) is 2.97. The van der Waals surface area contributed by atoms with Gasteiger partial charge in [0.1, 0.15) is 0 Å². The van der Waals surface area contributed by atoms with E-state index in [2.05, 4.69) is 21.0 Å². The Morgan fingerprint density at radius 2 is 1.84 bits per heavy atom. The molecule has 126 valence electrons. The molecule has 0 bridgehead atoms. The normalized spacial score (nSPS) is 14.7. The highest BCUT2D eigenvalue weighted by atomic mass is 16.4. The molecule has 1 amide bonds. The number of rotatable bonds is 2. The van der Waals surface area contributed by atoms with Crippen LogP contribution in [0.15, 0.2) is 48.8 Å². The SMILES string of the molecule is O=C(O)N1CCN(c2nccc(-c3cnc4ccccc4c3)n2)CC1. The number of para-hydroxylation sites is 1. The van der Waals surface area contributed by atoms with Crippen molar-refractivity contribution < 1.29 is 9.90 Å². The average Bonchev–Trinajstić information content (AvgIpc) is 2.68. The van der Waals surface area contributed by atoms with Gasteiger partial charge in [-0.3, -0.25) is 4.98 Å². The van der Waals surface area contributed by atoms with Crippen LogP contribution in [0.25, 0.3) is 22.2 Å². The summed E-state index contributed by atoms with van der Waals surface area (Å²) < 4.78 is 0. The lowest BCUT2D eigenvalue weighted by Crippen LogP contribution is -2.48. The fourth-order valence-corrected chi connectivity index (χ4v) is 2.97. The van der Waals surface area contributed by atoms with Gasteiger partial charge in [-0.1, -0.05) is 18.2 Å². The van der Waals surface area contributed by atoms with E-state index in [1.807, 2.05) is 41.4 Å². The maximum Gasteiger partial charge on any atom is 0.407 e. The molecule has 0 radical (unpaired) electrons. The van der Waals surface area contributed by atoms with Crippen LogP contribution < -0.4 is 4.90 Å². The molecule has 0 spiro atoms. The highest BCUT2D eigenvalue weighted by Gasteiger charge is 2.22. The summed E-state index contributed by atoms with van der Waals surface area (Å²) in [6.45, 7) is 2.10. The van der Waals surface area contributed by atoms with Crippen molar-refractivity contribution >= 4 is 22.9 Å². The number of aromatic nitrogens is 3. The third-order valence-electron chi connectivity index (χ3n) is 4.36. The zero-order valence-corrected chi connectivity index (χ0v) is 13.5. The number of pyridine rings is 1. The molecule has 4 rings (SSSR count). The lowest BCUT2D eigenvalue weighted by atomic mass is 10.1. The number of nitrogens with zero attached hydrogens (tertiary/aromatic N) is 5. The van der Waals surface area contributed by atoms with Gasteiger partial charge >= 0.3 is 6.09 Å². The molecule has 1 N–H and O–H groups in total. The van der Waals surface area contributed by atoms with Gasteiger partial charge in [-0.2, -0.15) is 0 Å². The summed E-state index contributed by atoms with van der Waals surface area (Å²) in [6, 6.07) is 11.9. The molecule has 1 fully saturated rings. The molecule has 7 nitrogen and oxygen atoms in total. The first kappa shape index (κ1) is 15.3. The molecule has 3 heterocycles. The van der Waals surface area contributed by atoms with Crippen LogP contribution in [0.5, 0.6) is 0 Å². The molecule has 0 atom stereocenters. The highest BCUT2D eigenvalue weighted by Crippen LogP contribution is 2.22. The Morgan fingerprint density at radius 1 is 1.04 bits per heavy atom. The van der Waals surface area contributed by atoms with E-state index < -0.39 is 6.09 Å². The van der Waals surface area contributed by atoms with Gasteiger partial charge in [0.2, 0.25) is 5.95 Å². The van der Waals surface area contributed by atoms with E-state index >= 15 is 0 Å². The monoisotopic (exact) mass is 335 g/mol.